The van der Waals surface area contributed by atoms with Crippen LogP contribution >= 0.6 is 11.3 Å². The van der Waals surface area contributed by atoms with Crippen LogP contribution in [-0.2, 0) is 17.9 Å². The number of nitrogens with one attached hydrogen (secondary N) is 1. The van der Waals surface area contributed by atoms with Gasteiger partial charge in [-0.3, -0.25) is 0 Å². The van der Waals surface area contributed by atoms with E-state index in [1.54, 1.807) is 25.6 Å². The second kappa shape index (κ2) is 8.67. The van der Waals surface area contributed by atoms with Gasteiger partial charge in [-0.1, -0.05) is 0 Å². The molecule has 0 fully saturated rings. The molecule has 5 heteroatoms. The highest BCUT2D eigenvalue weighted by molar-refractivity contribution is 7.07. The number of rotatable bonds is 9. The Morgan fingerprint density at radius 3 is 2.81 bits per heavy atom. The largest absolute Gasteiger partial charge is 0.497 e. The van der Waals surface area contributed by atoms with E-state index in [4.69, 9.17) is 14.2 Å². The first-order valence-electron chi connectivity index (χ1n) is 6.84. The molecule has 114 valence electrons. The molecule has 0 radical (unpaired) electrons. The fourth-order valence-electron chi connectivity index (χ4n) is 1.89. The number of hydrogen-bond donors (Lipinski definition) is 1. The smallest absolute Gasteiger partial charge is 0.124 e. The molecule has 21 heavy (non-hydrogen) atoms. The van der Waals surface area contributed by atoms with Crippen LogP contribution in [0.1, 0.15) is 11.1 Å². The fourth-order valence-corrected chi connectivity index (χ4v) is 2.55. The van der Waals surface area contributed by atoms with Crippen molar-refractivity contribution in [3.8, 4) is 11.5 Å². The van der Waals surface area contributed by atoms with E-state index in [0.717, 1.165) is 30.2 Å². The molecular weight excluding hydrogens is 286 g/mol. The summed E-state index contributed by atoms with van der Waals surface area (Å²) >= 11 is 1.68. The van der Waals surface area contributed by atoms with Gasteiger partial charge in [0.1, 0.15) is 18.1 Å². The first-order chi connectivity index (χ1) is 10.3. The molecule has 0 amide bonds. The molecular formula is C16H21NO3S. The Kier molecular flexibility index (Phi) is 6.53. The highest BCUT2D eigenvalue weighted by atomic mass is 32.1. The number of thiophene rings is 1. The quantitative estimate of drug-likeness (QED) is 0.723. The average Bonchev–Trinajstić information content (AvgIpc) is 3.03. The van der Waals surface area contributed by atoms with E-state index in [1.807, 2.05) is 18.2 Å². The van der Waals surface area contributed by atoms with Crippen molar-refractivity contribution in [2.24, 2.45) is 0 Å². The third-order valence-corrected chi connectivity index (χ3v) is 3.77. The summed E-state index contributed by atoms with van der Waals surface area (Å²) in [5, 5.41) is 7.48. The fraction of sp³-hybridized carbons (Fsp3) is 0.375. The molecule has 0 aliphatic heterocycles. The molecule has 0 spiro atoms. The highest BCUT2D eigenvalue weighted by Crippen LogP contribution is 2.25. The predicted octanol–water partition coefficient (Wildman–Crippen LogP) is 3.07. The van der Waals surface area contributed by atoms with Crippen LogP contribution in [0.25, 0.3) is 0 Å². The monoisotopic (exact) mass is 307 g/mol. The molecule has 1 aromatic heterocycles. The normalized spacial score (nSPS) is 10.6. The van der Waals surface area contributed by atoms with Crippen molar-refractivity contribution in [1.29, 1.82) is 0 Å². The van der Waals surface area contributed by atoms with Crippen molar-refractivity contribution >= 4 is 11.3 Å². The summed E-state index contributed by atoms with van der Waals surface area (Å²) in [6, 6.07) is 7.95. The van der Waals surface area contributed by atoms with Crippen molar-refractivity contribution in [2.45, 2.75) is 13.2 Å². The van der Waals surface area contributed by atoms with Crippen LogP contribution in [0.3, 0.4) is 0 Å². The lowest BCUT2D eigenvalue weighted by atomic mass is 10.2. The number of benzene rings is 1. The van der Waals surface area contributed by atoms with Crippen LogP contribution in [-0.4, -0.2) is 27.4 Å². The summed E-state index contributed by atoms with van der Waals surface area (Å²) in [6.07, 6.45) is 0. The third-order valence-electron chi connectivity index (χ3n) is 3.04. The molecule has 2 rings (SSSR count). The van der Waals surface area contributed by atoms with Gasteiger partial charge < -0.3 is 19.5 Å². The second-order valence-corrected chi connectivity index (χ2v) is 5.34. The molecule has 1 N–H and O–H groups in total. The van der Waals surface area contributed by atoms with E-state index in [0.29, 0.717) is 13.2 Å². The number of ether oxygens (including phenoxy) is 3. The molecule has 0 saturated heterocycles. The predicted molar refractivity (Wildman–Crippen MR) is 85.2 cm³/mol. The second-order valence-electron chi connectivity index (χ2n) is 4.56. The zero-order valence-electron chi connectivity index (χ0n) is 12.4. The van der Waals surface area contributed by atoms with Crippen LogP contribution in [0, 0.1) is 0 Å². The van der Waals surface area contributed by atoms with E-state index in [2.05, 4.69) is 22.1 Å². The SMILES string of the molecule is COCCNCc1cc(OC)ccc1OCc1ccsc1. The lowest BCUT2D eigenvalue weighted by Crippen LogP contribution is -2.19. The van der Waals surface area contributed by atoms with Crippen LogP contribution in [0.5, 0.6) is 11.5 Å². The Balaban J connectivity index is 1.99. The zero-order valence-corrected chi connectivity index (χ0v) is 13.2. The minimum Gasteiger partial charge on any atom is -0.497 e. The van der Waals surface area contributed by atoms with Crippen LogP contribution in [0.15, 0.2) is 35.0 Å². The van der Waals surface area contributed by atoms with Crippen molar-refractivity contribution in [3.63, 3.8) is 0 Å². The van der Waals surface area contributed by atoms with Crippen molar-refractivity contribution in [2.75, 3.05) is 27.4 Å². The number of methoxy groups -OCH3 is 2. The van der Waals surface area contributed by atoms with Gasteiger partial charge in [0, 0.05) is 25.8 Å². The summed E-state index contributed by atoms with van der Waals surface area (Å²) in [4.78, 5) is 0. The maximum Gasteiger partial charge on any atom is 0.124 e. The summed E-state index contributed by atoms with van der Waals surface area (Å²) < 4.78 is 16.2. The minimum absolute atomic E-state index is 0.584. The topological polar surface area (TPSA) is 39.7 Å². The third kappa shape index (κ3) is 5.04. The Labute approximate surface area is 129 Å². The van der Waals surface area contributed by atoms with Crippen LogP contribution < -0.4 is 14.8 Å². The van der Waals surface area contributed by atoms with Crippen molar-refractivity contribution < 1.29 is 14.2 Å². The standard InChI is InChI=1S/C16H21NO3S/c1-18-7-6-17-10-14-9-15(19-2)3-4-16(14)20-11-13-5-8-21-12-13/h3-5,8-9,12,17H,6-7,10-11H2,1-2H3. The lowest BCUT2D eigenvalue weighted by Gasteiger charge is -2.13. The van der Waals surface area contributed by atoms with E-state index >= 15 is 0 Å². The summed E-state index contributed by atoms with van der Waals surface area (Å²) in [5.74, 6) is 1.72. The molecule has 0 aliphatic carbocycles. The van der Waals surface area contributed by atoms with E-state index < -0.39 is 0 Å². The first-order valence-corrected chi connectivity index (χ1v) is 7.78. The Hall–Kier alpha value is -1.56. The Morgan fingerprint density at radius 2 is 2.10 bits per heavy atom. The maximum absolute atomic E-state index is 5.92. The van der Waals surface area contributed by atoms with Gasteiger partial charge in [-0.15, -0.1) is 0 Å². The van der Waals surface area contributed by atoms with Gasteiger partial charge in [-0.2, -0.15) is 11.3 Å². The van der Waals surface area contributed by atoms with Gasteiger partial charge in [0.15, 0.2) is 0 Å². The van der Waals surface area contributed by atoms with Crippen LogP contribution in [0.2, 0.25) is 0 Å². The maximum atomic E-state index is 5.92. The Bertz CT molecular complexity index is 528. The van der Waals surface area contributed by atoms with Gasteiger partial charge in [-0.05, 0) is 40.6 Å². The molecule has 2 aromatic rings. The molecule has 0 atom stereocenters. The van der Waals surface area contributed by atoms with Gasteiger partial charge >= 0.3 is 0 Å². The van der Waals surface area contributed by atoms with Crippen molar-refractivity contribution in [1.82, 2.24) is 5.32 Å². The lowest BCUT2D eigenvalue weighted by molar-refractivity contribution is 0.199. The van der Waals surface area contributed by atoms with Gasteiger partial charge in [-0.25, -0.2) is 0 Å². The zero-order chi connectivity index (χ0) is 14.9. The van der Waals surface area contributed by atoms with Crippen LogP contribution in [0.4, 0.5) is 0 Å². The molecule has 0 unspecified atom stereocenters. The van der Waals surface area contributed by atoms with E-state index in [1.165, 1.54) is 5.56 Å². The number of hydrogen-bond acceptors (Lipinski definition) is 5. The molecule has 4 nitrogen and oxygen atoms in total. The Morgan fingerprint density at radius 1 is 1.19 bits per heavy atom. The summed E-state index contributed by atoms with van der Waals surface area (Å²) in [6.45, 7) is 2.80. The average molecular weight is 307 g/mol. The minimum atomic E-state index is 0.584. The van der Waals surface area contributed by atoms with Gasteiger partial charge in [0.05, 0.1) is 13.7 Å². The molecule has 0 aliphatic rings. The molecule has 0 saturated carbocycles. The van der Waals surface area contributed by atoms with Gasteiger partial charge in [0.2, 0.25) is 0 Å². The summed E-state index contributed by atoms with van der Waals surface area (Å²) in [7, 11) is 3.37. The van der Waals surface area contributed by atoms with Crippen molar-refractivity contribution in [3.05, 3.63) is 46.2 Å². The van der Waals surface area contributed by atoms with E-state index in [-0.39, 0.29) is 0 Å². The highest BCUT2D eigenvalue weighted by Gasteiger charge is 2.06. The molecule has 1 heterocycles. The molecule has 1 aromatic carbocycles. The molecule has 0 bridgehead atoms. The summed E-state index contributed by atoms with van der Waals surface area (Å²) in [5.41, 5.74) is 2.27. The van der Waals surface area contributed by atoms with Gasteiger partial charge in [0.25, 0.3) is 0 Å². The van der Waals surface area contributed by atoms with E-state index in [9.17, 15) is 0 Å². The first kappa shape index (κ1) is 15.8.